The summed E-state index contributed by atoms with van der Waals surface area (Å²) in [5, 5.41) is 2.79. The molecule has 5 nitrogen and oxygen atoms in total. The van der Waals surface area contributed by atoms with E-state index in [1.54, 1.807) is 31.4 Å². The van der Waals surface area contributed by atoms with E-state index in [4.69, 9.17) is 9.47 Å². The van der Waals surface area contributed by atoms with Crippen molar-refractivity contribution in [2.45, 2.75) is 26.2 Å². The van der Waals surface area contributed by atoms with Gasteiger partial charge in [-0.15, -0.1) is 0 Å². The van der Waals surface area contributed by atoms with Crippen molar-refractivity contribution >= 4 is 18.0 Å². The van der Waals surface area contributed by atoms with E-state index < -0.39 is 11.9 Å². The van der Waals surface area contributed by atoms with E-state index >= 15 is 0 Å². The van der Waals surface area contributed by atoms with E-state index in [1.807, 2.05) is 43.3 Å². The minimum atomic E-state index is -0.504. The number of rotatable bonds is 9. The molecule has 0 aliphatic carbocycles. The summed E-state index contributed by atoms with van der Waals surface area (Å²) in [5.74, 6) is -0.245. The number of carbonyl (C=O) groups excluding carboxylic acids is 2. The molecule has 0 spiro atoms. The van der Waals surface area contributed by atoms with Gasteiger partial charge >= 0.3 is 5.97 Å². The van der Waals surface area contributed by atoms with Gasteiger partial charge in [-0.05, 0) is 35.8 Å². The zero-order valence-electron chi connectivity index (χ0n) is 15.7. The van der Waals surface area contributed by atoms with E-state index in [-0.39, 0.29) is 12.2 Å². The highest BCUT2D eigenvalue weighted by molar-refractivity contribution is 5.98. The van der Waals surface area contributed by atoms with Crippen LogP contribution in [-0.4, -0.2) is 25.5 Å². The number of nitrogens with one attached hydrogen (secondary N) is 1. The number of benzene rings is 2. The molecule has 0 aliphatic rings. The number of hydrogen-bond acceptors (Lipinski definition) is 4. The van der Waals surface area contributed by atoms with Crippen LogP contribution in [0, 0.1) is 0 Å². The maximum atomic E-state index is 12.4. The average molecular weight is 367 g/mol. The molecule has 2 rings (SSSR count). The number of ether oxygens (including phenoxy) is 2. The van der Waals surface area contributed by atoms with Gasteiger partial charge in [-0.25, -0.2) is 0 Å². The summed E-state index contributed by atoms with van der Waals surface area (Å²) in [6.07, 6.45) is 3.45. The third-order valence-corrected chi connectivity index (χ3v) is 3.84. The second-order valence-corrected chi connectivity index (χ2v) is 6.03. The zero-order valence-corrected chi connectivity index (χ0v) is 15.7. The first kappa shape index (κ1) is 20.2. The minimum absolute atomic E-state index is 0.00907. The molecule has 0 fully saturated rings. The first-order chi connectivity index (χ1) is 13.1. The Balaban J connectivity index is 2.11. The van der Waals surface area contributed by atoms with Crippen LogP contribution in [0.3, 0.4) is 0 Å². The molecule has 2 aromatic rings. The Morgan fingerprint density at radius 2 is 1.85 bits per heavy atom. The number of carbonyl (C=O) groups is 2. The fraction of sp³-hybridized carbons (Fsp3) is 0.273. The molecule has 0 radical (unpaired) electrons. The Hall–Kier alpha value is -3.08. The van der Waals surface area contributed by atoms with Crippen molar-refractivity contribution < 1.29 is 19.1 Å². The normalized spacial score (nSPS) is 11.0. The van der Waals surface area contributed by atoms with Gasteiger partial charge in [-0.2, -0.15) is 0 Å². The summed E-state index contributed by atoms with van der Waals surface area (Å²) >= 11 is 0. The predicted octanol–water partition coefficient (Wildman–Crippen LogP) is 3.74. The largest absolute Gasteiger partial charge is 0.497 e. The molecule has 0 aliphatic heterocycles. The fourth-order valence-corrected chi connectivity index (χ4v) is 2.42. The third-order valence-electron chi connectivity index (χ3n) is 3.84. The maximum Gasteiger partial charge on any atom is 0.315 e. The molecule has 0 saturated heterocycles. The van der Waals surface area contributed by atoms with E-state index in [9.17, 15) is 9.59 Å². The number of hydrogen-bond donors (Lipinski definition) is 1. The smallest absolute Gasteiger partial charge is 0.315 e. The van der Waals surface area contributed by atoms with Crippen molar-refractivity contribution in [2.24, 2.45) is 0 Å². The SMILES string of the molecule is CCCCNC(=O)/C(=C/c1ccccc1)OC(=O)Cc1cccc(OC)c1. The van der Waals surface area contributed by atoms with Crippen molar-refractivity contribution in [3.8, 4) is 5.75 Å². The van der Waals surface area contributed by atoms with Crippen LogP contribution in [-0.2, 0) is 20.7 Å². The molecule has 0 saturated carbocycles. The minimum Gasteiger partial charge on any atom is -0.497 e. The summed E-state index contributed by atoms with van der Waals surface area (Å²) in [4.78, 5) is 24.8. The van der Waals surface area contributed by atoms with Gasteiger partial charge in [0.05, 0.1) is 13.5 Å². The second-order valence-electron chi connectivity index (χ2n) is 6.03. The van der Waals surface area contributed by atoms with Crippen LogP contribution >= 0.6 is 0 Å². The molecule has 0 bridgehead atoms. The molecular formula is C22H25NO4. The molecule has 0 aromatic heterocycles. The standard InChI is InChI=1S/C22H25NO4/c1-3-4-13-23-22(25)20(15-17-9-6-5-7-10-17)27-21(24)16-18-11-8-12-19(14-18)26-2/h5-12,14-15H,3-4,13,16H2,1-2H3,(H,23,25)/b20-15-. The Bertz CT molecular complexity index is 784. The van der Waals surface area contributed by atoms with Crippen molar-refractivity contribution in [1.82, 2.24) is 5.32 Å². The lowest BCUT2D eigenvalue weighted by Gasteiger charge is -2.10. The lowest BCUT2D eigenvalue weighted by Crippen LogP contribution is -2.28. The predicted molar refractivity (Wildman–Crippen MR) is 105 cm³/mol. The van der Waals surface area contributed by atoms with E-state index in [1.165, 1.54) is 0 Å². The van der Waals surface area contributed by atoms with E-state index in [0.29, 0.717) is 12.3 Å². The first-order valence-electron chi connectivity index (χ1n) is 9.01. The summed E-state index contributed by atoms with van der Waals surface area (Å²) in [7, 11) is 1.57. The Morgan fingerprint density at radius 1 is 1.07 bits per heavy atom. The number of methoxy groups -OCH3 is 1. The molecule has 142 valence electrons. The van der Waals surface area contributed by atoms with Gasteiger partial charge in [-0.3, -0.25) is 9.59 Å². The Labute approximate surface area is 160 Å². The van der Waals surface area contributed by atoms with E-state index in [0.717, 1.165) is 24.0 Å². The summed E-state index contributed by atoms with van der Waals surface area (Å²) in [5.41, 5.74) is 1.54. The third kappa shape index (κ3) is 6.98. The van der Waals surface area contributed by atoms with Crippen molar-refractivity contribution in [2.75, 3.05) is 13.7 Å². The summed E-state index contributed by atoms with van der Waals surface area (Å²) < 4.78 is 10.6. The first-order valence-corrected chi connectivity index (χ1v) is 9.01. The van der Waals surface area contributed by atoms with Crippen LogP contribution in [0.5, 0.6) is 5.75 Å². The van der Waals surface area contributed by atoms with E-state index in [2.05, 4.69) is 5.32 Å². The van der Waals surface area contributed by atoms with Crippen LogP contribution < -0.4 is 10.1 Å². The van der Waals surface area contributed by atoms with Crippen LogP contribution in [0.15, 0.2) is 60.4 Å². The van der Waals surface area contributed by atoms with Gasteiger partial charge in [0, 0.05) is 6.54 Å². The Morgan fingerprint density at radius 3 is 2.56 bits per heavy atom. The number of unbranched alkanes of at least 4 members (excludes halogenated alkanes) is 1. The fourth-order valence-electron chi connectivity index (χ4n) is 2.42. The lowest BCUT2D eigenvalue weighted by atomic mass is 10.1. The van der Waals surface area contributed by atoms with Gasteiger partial charge in [-0.1, -0.05) is 55.8 Å². The molecule has 2 aromatic carbocycles. The Kier molecular flexibility index (Phi) is 8.10. The maximum absolute atomic E-state index is 12.4. The number of amides is 1. The van der Waals surface area contributed by atoms with Gasteiger partial charge in [0.25, 0.3) is 5.91 Å². The van der Waals surface area contributed by atoms with Gasteiger partial charge in [0.1, 0.15) is 5.75 Å². The van der Waals surface area contributed by atoms with Gasteiger partial charge < -0.3 is 14.8 Å². The monoisotopic (exact) mass is 367 g/mol. The van der Waals surface area contributed by atoms with Crippen LogP contribution in [0.2, 0.25) is 0 Å². The molecule has 1 N–H and O–H groups in total. The van der Waals surface area contributed by atoms with Crippen LogP contribution in [0.1, 0.15) is 30.9 Å². The van der Waals surface area contributed by atoms with Crippen LogP contribution in [0.4, 0.5) is 0 Å². The highest BCUT2D eigenvalue weighted by atomic mass is 16.5. The quantitative estimate of drug-likeness (QED) is 0.317. The highest BCUT2D eigenvalue weighted by Crippen LogP contribution is 2.15. The number of esters is 1. The second kappa shape index (κ2) is 10.8. The summed E-state index contributed by atoms with van der Waals surface area (Å²) in [6, 6.07) is 16.5. The molecule has 1 amide bonds. The van der Waals surface area contributed by atoms with Crippen molar-refractivity contribution in [1.29, 1.82) is 0 Å². The molecule has 27 heavy (non-hydrogen) atoms. The zero-order chi connectivity index (χ0) is 19.5. The summed E-state index contributed by atoms with van der Waals surface area (Å²) in [6.45, 7) is 2.58. The van der Waals surface area contributed by atoms with Gasteiger partial charge in [0.2, 0.25) is 0 Å². The molecular weight excluding hydrogens is 342 g/mol. The van der Waals surface area contributed by atoms with Crippen molar-refractivity contribution in [3.63, 3.8) is 0 Å². The average Bonchev–Trinajstić information content (AvgIpc) is 2.68. The van der Waals surface area contributed by atoms with Crippen LogP contribution in [0.25, 0.3) is 6.08 Å². The lowest BCUT2D eigenvalue weighted by molar-refractivity contribution is -0.142. The molecule has 0 unspecified atom stereocenters. The molecule has 0 heterocycles. The topological polar surface area (TPSA) is 64.6 Å². The van der Waals surface area contributed by atoms with Crippen molar-refractivity contribution in [3.05, 3.63) is 71.5 Å². The highest BCUT2D eigenvalue weighted by Gasteiger charge is 2.16. The molecule has 0 atom stereocenters. The van der Waals surface area contributed by atoms with Gasteiger partial charge in [0.15, 0.2) is 5.76 Å². The molecule has 5 heteroatoms.